The first-order chi connectivity index (χ1) is 13.4. The van der Waals surface area contributed by atoms with Gasteiger partial charge < -0.3 is 14.2 Å². The maximum Gasteiger partial charge on any atom is 0.387 e. The number of rotatable bonds is 6. The number of benzene rings is 1. The van der Waals surface area contributed by atoms with Crippen LogP contribution in [0.2, 0.25) is 0 Å². The minimum absolute atomic E-state index is 0.0471. The van der Waals surface area contributed by atoms with Crippen LogP contribution in [-0.4, -0.2) is 53.7 Å². The Morgan fingerprint density at radius 2 is 1.96 bits per heavy atom. The molecule has 1 saturated heterocycles. The van der Waals surface area contributed by atoms with Gasteiger partial charge in [0.15, 0.2) is 0 Å². The van der Waals surface area contributed by atoms with Gasteiger partial charge in [-0.05, 0) is 26.0 Å². The number of carbonyl (C=O) groups is 1. The van der Waals surface area contributed by atoms with E-state index in [4.69, 9.17) is 4.52 Å². The van der Waals surface area contributed by atoms with Crippen molar-refractivity contribution in [2.75, 3.05) is 26.2 Å². The summed E-state index contributed by atoms with van der Waals surface area (Å²) in [6, 6.07) is 6.39. The van der Waals surface area contributed by atoms with Crippen LogP contribution in [0.25, 0.3) is 6.08 Å². The van der Waals surface area contributed by atoms with Gasteiger partial charge in [-0.25, -0.2) is 0 Å². The standard InChI is InChI=1S/C20H23F2N3O3/c1-14-17(15(2)28-23-14)13-24-9-11-25(12-10-24)19(26)8-7-16-5-3-4-6-18(16)27-20(21)22/h3-8,20H,9-13H2,1-2H3/b8-7+. The van der Waals surface area contributed by atoms with E-state index in [-0.39, 0.29) is 11.7 Å². The number of ether oxygens (including phenoxy) is 1. The third kappa shape index (κ3) is 4.95. The van der Waals surface area contributed by atoms with E-state index in [9.17, 15) is 13.6 Å². The van der Waals surface area contributed by atoms with E-state index in [0.717, 1.165) is 36.7 Å². The molecule has 1 aliphatic rings. The molecule has 1 fully saturated rings. The molecule has 2 heterocycles. The lowest BCUT2D eigenvalue weighted by Crippen LogP contribution is -2.47. The summed E-state index contributed by atoms with van der Waals surface area (Å²) in [5.41, 5.74) is 2.42. The van der Waals surface area contributed by atoms with Crippen molar-refractivity contribution in [2.45, 2.75) is 27.0 Å². The number of piperazine rings is 1. The summed E-state index contributed by atoms with van der Waals surface area (Å²) < 4.78 is 34.6. The third-order valence-electron chi connectivity index (χ3n) is 4.79. The van der Waals surface area contributed by atoms with Crippen molar-refractivity contribution in [3.05, 3.63) is 52.9 Å². The highest BCUT2D eigenvalue weighted by Crippen LogP contribution is 2.22. The first-order valence-corrected chi connectivity index (χ1v) is 9.09. The van der Waals surface area contributed by atoms with Gasteiger partial charge in [0.25, 0.3) is 0 Å². The Hall–Kier alpha value is -2.74. The molecule has 0 N–H and O–H groups in total. The van der Waals surface area contributed by atoms with Crippen LogP contribution in [0.15, 0.2) is 34.9 Å². The van der Waals surface area contributed by atoms with Crippen molar-refractivity contribution in [3.8, 4) is 5.75 Å². The number of aryl methyl sites for hydroxylation is 2. The molecule has 0 atom stereocenters. The molecule has 150 valence electrons. The zero-order valence-electron chi connectivity index (χ0n) is 15.9. The Balaban J connectivity index is 1.55. The Morgan fingerprint density at radius 1 is 1.25 bits per heavy atom. The zero-order valence-corrected chi connectivity index (χ0v) is 15.9. The molecule has 6 nitrogen and oxygen atoms in total. The normalized spacial score (nSPS) is 15.5. The topological polar surface area (TPSA) is 58.8 Å². The number of amides is 1. The Bertz CT molecular complexity index is 823. The van der Waals surface area contributed by atoms with Crippen LogP contribution < -0.4 is 4.74 Å². The maximum atomic E-state index is 12.5. The zero-order chi connectivity index (χ0) is 20.1. The largest absolute Gasteiger partial charge is 0.434 e. The molecule has 1 aliphatic heterocycles. The van der Waals surface area contributed by atoms with Crippen LogP contribution >= 0.6 is 0 Å². The van der Waals surface area contributed by atoms with Crippen molar-refractivity contribution >= 4 is 12.0 Å². The van der Waals surface area contributed by atoms with Gasteiger partial charge in [0, 0.05) is 49.9 Å². The highest BCUT2D eigenvalue weighted by molar-refractivity contribution is 5.92. The second-order valence-electron chi connectivity index (χ2n) is 6.65. The van der Waals surface area contributed by atoms with E-state index >= 15 is 0 Å². The molecule has 8 heteroatoms. The van der Waals surface area contributed by atoms with Crippen LogP contribution in [0, 0.1) is 13.8 Å². The fourth-order valence-electron chi connectivity index (χ4n) is 3.17. The summed E-state index contributed by atoms with van der Waals surface area (Å²) in [7, 11) is 0. The van der Waals surface area contributed by atoms with E-state index in [1.54, 1.807) is 23.1 Å². The van der Waals surface area contributed by atoms with E-state index in [1.807, 2.05) is 13.8 Å². The molecule has 0 aliphatic carbocycles. The number of nitrogens with zero attached hydrogens (tertiary/aromatic N) is 3. The molecule has 0 spiro atoms. The van der Waals surface area contributed by atoms with Gasteiger partial charge in [0.05, 0.1) is 5.69 Å². The number of hydrogen-bond acceptors (Lipinski definition) is 5. The van der Waals surface area contributed by atoms with Gasteiger partial charge in [-0.3, -0.25) is 9.69 Å². The van der Waals surface area contributed by atoms with E-state index < -0.39 is 6.61 Å². The smallest absolute Gasteiger partial charge is 0.387 e. The fourth-order valence-corrected chi connectivity index (χ4v) is 3.17. The lowest BCUT2D eigenvalue weighted by molar-refractivity contribution is -0.127. The predicted molar refractivity (Wildman–Crippen MR) is 99.9 cm³/mol. The maximum absolute atomic E-state index is 12.5. The first kappa shape index (κ1) is 20.0. The van der Waals surface area contributed by atoms with Crippen LogP contribution in [0.5, 0.6) is 5.75 Å². The Kier molecular flexibility index (Phi) is 6.41. The lowest BCUT2D eigenvalue weighted by Gasteiger charge is -2.34. The summed E-state index contributed by atoms with van der Waals surface area (Å²) >= 11 is 0. The number of hydrogen-bond donors (Lipinski definition) is 0. The number of carbonyl (C=O) groups excluding carboxylic acids is 1. The summed E-state index contributed by atoms with van der Waals surface area (Å²) in [4.78, 5) is 16.4. The predicted octanol–water partition coefficient (Wildman–Crippen LogP) is 3.25. The van der Waals surface area contributed by atoms with Crippen LogP contribution in [0.4, 0.5) is 8.78 Å². The minimum atomic E-state index is -2.91. The molecule has 0 bridgehead atoms. The molecule has 2 aromatic rings. The number of para-hydroxylation sites is 1. The first-order valence-electron chi connectivity index (χ1n) is 9.09. The SMILES string of the molecule is Cc1noc(C)c1CN1CCN(C(=O)/C=C/c2ccccc2OC(F)F)CC1. The van der Waals surface area contributed by atoms with Crippen molar-refractivity contribution in [3.63, 3.8) is 0 Å². The summed E-state index contributed by atoms with van der Waals surface area (Å²) in [6.45, 7) is 4.35. The molecule has 3 rings (SSSR count). The third-order valence-corrected chi connectivity index (χ3v) is 4.79. The van der Waals surface area contributed by atoms with Crippen molar-refractivity contribution in [2.24, 2.45) is 0 Å². The van der Waals surface area contributed by atoms with E-state index in [1.165, 1.54) is 18.2 Å². The molecule has 0 unspecified atom stereocenters. The number of alkyl halides is 2. The van der Waals surface area contributed by atoms with Crippen molar-refractivity contribution < 1.29 is 22.8 Å². The van der Waals surface area contributed by atoms with Gasteiger partial charge in [0.2, 0.25) is 5.91 Å². The van der Waals surface area contributed by atoms with Gasteiger partial charge in [-0.2, -0.15) is 8.78 Å². The highest BCUT2D eigenvalue weighted by Gasteiger charge is 2.21. The van der Waals surface area contributed by atoms with Gasteiger partial charge >= 0.3 is 6.61 Å². The molecular formula is C20H23F2N3O3. The second kappa shape index (κ2) is 8.97. The number of halogens is 2. The minimum Gasteiger partial charge on any atom is -0.434 e. The fraction of sp³-hybridized carbons (Fsp3) is 0.400. The Morgan fingerprint density at radius 3 is 2.61 bits per heavy atom. The lowest BCUT2D eigenvalue weighted by atomic mass is 10.1. The second-order valence-corrected chi connectivity index (χ2v) is 6.65. The molecule has 1 aromatic carbocycles. The summed E-state index contributed by atoms with van der Waals surface area (Å²) in [5.74, 6) is 0.721. The van der Waals surface area contributed by atoms with Crippen molar-refractivity contribution in [1.82, 2.24) is 15.0 Å². The van der Waals surface area contributed by atoms with E-state index in [0.29, 0.717) is 18.7 Å². The average Bonchev–Trinajstić information content (AvgIpc) is 2.99. The summed E-state index contributed by atoms with van der Waals surface area (Å²) in [5, 5.41) is 3.97. The van der Waals surface area contributed by atoms with Crippen LogP contribution in [-0.2, 0) is 11.3 Å². The van der Waals surface area contributed by atoms with E-state index in [2.05, 4.69) is 14.8 Å². The molecule has 28 heavy (non-hydrogen) atoms. The van der Waals surface area contributed by atoms with Gasteiger partial charge in [-0.15, -0.1) is 0 Å². The summed E-state index contributed by atoms with van der Waals surface area (Å²) in [6.07, 6.45) is 2.91. The average molecular weight is 391 g/mol. The molecule has 0 radical (unpaired) electrons. The van der Waals surface area contributed by atoms with Crippen molar-refractivity contribution in [1.29, 1.82) is 0 Å². The van der Waals surface area contributed by atoms with Gasteiger partial charge in [-0.1, -0.05) is 23.4 Å². The molecule has 1 aromatic heterocycles. The van der Waals surface area contributed by atoms with Gasteiger partial charge in [0.1, 0.15) is 11.5 Å². The molecule has 1 amide bonds. The number of aromatic nitrogens is 1. The molecule has 0 saturated carbocycles. The highest BCUT2D eigenvalue weighted by atomic mass is 19.3. The van der Waals surface area contributed by atoms with Crippen LogP contribution in [0.1, 0.15) is 22.6 Å². The quantitative estimate of drug-likeness (QED) is 0.708. The molecular weight excluding hydrogens is 368 g/mol. The van der Waals surface area contributed by atoms with Crippen LogP contribution in [0.3, 0.4) is 0 Å². The Labute approximate surface area is 162 Å². The monoisotopic (exact) mass is 391 g/mol.